The maximum absolute atomic E-state index is 12.2. The average molecular weight is 294 g/mol. The van der Waals surface area contributed by atoms with E-state index in [2.05, 4.69) is 5.32 Å². The van der Waals surface area contributed by atoms with E-state index < -0.39 is 5.97 Å². The van der Waals surface area contributed by atoms with Crippen LogP contribution in [0.15, 0.2) is 0 Å². The van der Waals surface area contributed by atoms with Crippen molar-refractivity contribution in [3.8, 4) is 0 Å². The van der Waals surface area contributed by atoms with Gasteiger partial charge < -0.3 is 15.3 Å². The van der Waals surface area contributed by atoms with E-state index >= 15 is 0 Å². The average Bonchev–Trinajstić information content (AvgIpc) is 3.33. The highest BCUT2D eigenvalue weighted by Crippen LogP contribution is 2.48. The maximum Gasteiger partial charge on any atom is 0.317 e. The third kappa shape index (κ3) is 4.11. The lowest BCUT2D eigenvalue weighted by Gasteiger charge is -2.32. The molecular weight excluding hydrogens is 268 g/mol. The van der Waals surface area contributed by atoms with Crippen molar-refractivity contribution < 1.29 is 14.7 Å². The topological polar surface area (TPSA) is 69.6 Å². The first-order valence-electron chi connectivity index (χ1n) is 8.38. The summed E-state index contributed by atoms with van der Waals surface area (Å²) in [6.45, 7) is 2.23. The van der Waals surface area contributed by atoms with E-state index in [1.165, 1.54) is 25.7 Å². The number of nitrogens with zero attached hydrogens (tertiary/aromatic N) is 1. The molecule has 2 aliphatic carbocycles. The molecule has 21 heavy (non-hydrogen) atoms. The normalized spacial score (nSPS) is 23.4. The number of carbonyl (C=O) groups excluding carboxylic acids is 1. The molecule has 0 bridgehead atoms. The van der Waals surface area contributed by atoms with Gasteiger partial charge in [0.2, 0.25) is 0 Å². The monoisotopic (exact) mass is 294 g/mol. The molecule has 1 saturated heterocycles. The van der Waals surface area contributed by atoms with Gasteiger partial charge in [-0.05, 0) is 62.2 Å². The van der Waals surface area contributed by atoms with Crippen LogP contribution in [0.5, 0.6) is 0 Å². The van der Waals surface area contributed by atoms with Crippen molar-refractivity contribution >= 4 is 12.0 Å². The first-order valence-corrected chi connectivity index (χ1v) is 8.38. The van der Waals surface area contributed by atoms with Crippen LogP contribution < -0.4 is 5.32 Å². The number of nitrogens with one attached hydrogen (secondary N) is 1. The van der Waals surface area contributed by atoms with Crippen molar-refractivity contribution in [3.63, 3.8) is 0 Å². The number of hydrogen-bond donors (Lipinski definition) is 2. The lowest BCUT2D eigenvalue weighted by atomic mass is 9.94. The molecule has 3 rings (SSSR count). The lowest BCUT2D eigenvalue weighted by Crippen LogP contribution is -2.46. The third-order valence-electron chi connectivity index (χ3n) is 5.31. The minimum Gasteiger partial charge on any atom is -0.481 e. The molecule has 1 heterocycles. The zero-order chi connectivity index (χ0) is 14.8. The van der Waals surface area contributed by atoms with Crippen LogP contribution in [-0.2, 0) is 4.79 Å². The van der Waals surface area contributed by atoms with E-state index in [1.807, 2.05) is 4.90 Å². The Morgan fingerprint density at radius 2 is 1.62 bits per heavy atom. The molecule has 0 aromatic rings. The Hall–Kier alpha value is -1.26. The number of urea groups is 1. The summed E-state index contributed by atoms with van der Waals surface area (Å²) in [4.78, 5) is 24.8. The summed E-state index contributed by atoms with van der Waals surface area (Å²) < 4.78 is 0. The van der Waals surface area contributed by atoms with Gasteiger partial charge in [0.15, 0.2) is 0 Å². The fourth-order valence-corrected chi connectivity index (χ4v) is 3.67. The Morgan fingerprint density at radius 3 is 2.10 bits per heavy atom. The van der Waals surface area contributed by atoms with Crippen LogP contribution in [-0.4, -0.2) is 41.6 Å². The van der Waals surface area contributed by atoms with Crippen molar-refractivity contribution in [1.29, 1.82) is 0 Å². The molecule has 0 spiro atoms. The van der Waals surface area contributed by atoms with Crippen molar-refractivity contribution in [1.82, 2.24) is 10.2 Å². The number of likely N-dealkylation sites (tertiary alicyclic amines) is 1. The van der Waals surface area contributed by atoms with Gasteiger partial charge in [-0.15, -0.1) is 0 Å². The highest BCUT2D eigenvalue weighted by atomic mass is 16.4. The smallest absolute Gasteiger partial charge is 0.317 e. The van der Waals surface area contributed by atoms with E-state index in [9.17, 15) is 9.59 Å². The van der Waals surface area contributed by atoms with Crippen LogP contribution in [0.3, 0.4) is 0 Å². The molecule has 0 aromatic heterocycles. The van der Waals surface area contributed by atoms with Gasteiger partial charge in [-0.2, -0.15) is 0 Å². The molecule has 0 aromatic carbocycles. The number of carboxylic acid groups (broad SMARTS) is 1. The van der Waals surface area contributed by atoms with Crippen LogP contribution in [0.25, 0.3) is 0 Å². The van der Waals surface area contributed by atoms with Gasteiger partial charge >= 0.3 is 12.0 Å². The minimum absolute atomic E-state index is 0.0510. The molecule has 1 aliphatic heterocycles. The molecule has 2 amide bonds. The van der Waals surface area contributed by atoms with E-state index in [1.54, 1.807) is 0 Å². The van der Waals surface area contributed by atoms with Crippen molar-refractivity contribution in [2.75, 3.05) is 19.6 Å². The van der Waals surface area contributed by atoms with Gasteiger partial charge in [0.1, 0.15) is 0 Å². The molecule has 5 nitrogen and oxygen atoms in total. The number of amides is 2. The van der Waals surface area contributed by atoms with E-state index in [0.29, 0.717) is 19.0 Å². The quantitative estimate of drug-likeness (QED) is 0.790. The number of piperidine rings is 1. The lowest BCUT2D eigenvalue weighted by molar-refractivity contribution is -0.138. The third-order valence-corrected chi connectivity index (χ3v) is 5.31. The van der Waals surface area contributed by atoms with Gasteiger partial charge in [0.05, 0.1) is 0 Å². The SMILES string of the molecule is O=C(O)CC1CCN(C(=O)NCC(C2CC2)C2CC2)CC1. The summed E-state index contributed by atoms with van der Waals surface area (Å²) in [5, 5.41) is 11.9. The van der Waals surface area contributed by atoms with Crippen molar-refractivity contribution in [2.24, 2.45) is 23.7 Å². The fourth-order valence-electron chi connectivity index (χ4n) is 3.67. The van der Waals surface area contributed by atoms with Gasteiger partial charge in [0.25, 0.3) is 0 Å². The van der Waals surface area contributed by atoms with Crippen molar-refractivity contribution in [2.45, 2.75) is 44.9 Å². The van der Waals surface area contributed by atoms with Crippen LogP contribution in [0, 0.1) is 23.7 Å². The predicted molar refractivity (Wildman–Crippen MR) is 78.9 cm³/mol. The molecule has 3 aliphatic rings. The van der Waals surface area contributed by atoms with Crippen molar-refractivity contribution in [3.05, 3.63) is 0 Å². The molecule has 2 saturated carbocycles. The number of carbonyl (C=O) groups is 2. The summed E-state index contributed by atoms with van der Waals surface area (Å²) in [5.74, 6) is 1.93. The standard InChI is InChI=1S/C16H26N2O3/c19-15(20)9-11-5-7-18(8-6-11)16(21)17-10-14(12-1-2-12)13-3-4-13/h11-14H,1-10H2,(H,17,21)(H,19,20). The largest absolute Gasteiger partial charge is 0.481 e. The Balaban J connectivity index is 1.38. The Labute approximate surface area is 126 Å². The second-order valence-corrected chi connectivity index (χ2v) is 7.05. The summed E-state index contributed by atoms with van der Waals surface area (Å²) in [7, 11) is 0. The molecule has 118 valence electrons. The summed E-state index contributed by atoms with van der Waals surface area (Å²) in [5.41, 5.74) is 0. The molecule has 0 atom stereocenters. The van der Waals surface area contributed by atoms with Gasteiger partial charge in [0, 0.05) is 26.1 Å². The summed E-state index contributed by atoms with van der Waals surface area (Å²) in [6, 6.07) is 0.0510. The second kappa shape index (κ2) is 6.24. The van der Waals surface area contributed by atoms with Crippen LogP contribution in [0.1, 0.15) is 44.9 Å². The highest BCUT2D eigenvalue weighted by molar-refractivity contribution is 5.74. The number of hydrogen-bond acceptors (Lipinski definition) is 2. The first kappa shape index (κ1) is 14.7. The van der Waals surface area contributed by atoms with Crippen LogP contribution in [0.4, 0.5) is 4.79 Å². The number of carboxylic acids is 1. The zero-order valence-electron chi connectivity index (χ0n) is 12.6. The van der Waals surface area contributed by atoms with Crippen LogP contribution in [0.2, 0.25) is 0 Å². The Bertz CT molecular complexity index is 384. The van der Waals surface area contributed by atoms with E-state index in [-0.39, 0.29) is 18.4 Å². The Morgan fingerprint density at radius 1 is 1.05 bits per heavy atom. The van der Waals surface area contributed by atoms with E-state index in [0.717, 1.165) is 31.2 Å². The predicted octanol–water partition coefficient (Wildman–Crippen LogP) is 2.32. The summed E-state index contributed by atoms with van der Waals surface area (Å²) in [6.07, 6.45) is 7.24. The zero-order valence-corrected chi connectivity index (χ0v) is 12.6. The fraction of sp³-hybridized carbons (Fsp3) is 0.875. The second-order valence-electron chi connectivity index (χ2n) is 7.05. The summed E-state index contributed by atoms with van der Waals surface area (Å²) >= 11 is 0. The highest BCUT2D eigenvalue weighted by Gasteiger charge is 2.41. The number of rotatable bonds is 6. The van der Waals surface area contributed by atoms with Gasteiger partial charge in [-0.25, -0.2) is 4.79 Å². The van der Waals surface area contributed by atoms with Gasteiger partial charge in [-0.3, -0.25) is 4.79 Å². The number of aliphatic carboxylic acids is 1. The van der Waals surface area contributed by atoms with Crippen LogP contribution >= 0.6 is 0 Å². The minimum atomic E-state index is -0.727. The Kier molecular flexibility index (Phi) is 4.36. The van der Waals surface area contributed by atoms with Gasteiger partial charge in [-0.1, -0.05) is 0 Å². The molecule has 2 N–H and O–H groups in total. The molecule has 0 radical (unpaired) electrons. The maximum atomic E-state index is 12.2. The van der Waals surface area contributed by atoms with E-state index in [4.69, 9.17) is 5.11 Å². The molecule has 3 fully saturated rings. The molecule has 5 heteroatoms. The first-order chi connectivity index (χ1) is 10.1. The molecule has 0 unspecified atom stereocenters. The molecular formula is C16H26N2O3.